The number of nitrogens with zero attached hydrogens (tertiary/aromatic N) is 1. The molecule has 0 spiro atoms. The van der Waals surface area contributed by atoms with Crippen molar-refractivity contribution in [1.29, 1.82) is 0 Å². The zero-order valence-electron chi connectivity index (χ0n) is 13.5. The molecule has 3 rings (SSSR count). The van der Waals surface area contributed by atoms with Gasteiger partial charge in [-0.2, -0.15) is 0 Å². The first-order chi connectivity index (χ1) is 12.4. The fourth-order valence-electron chi connectivity index (χ4n) is 2.61. The van der Waals surface area contributed by atoms with E-state index in [-0.39, 0.29) is 5.95 Å². The van der Waals surface area contributed by atoms with Gasteiger partial charge in [0.15, 0.2) is 12.1 Å². The number of anilines is 2. The summed E-state index contributed by atoms with van der Waals surface area (Å²) in [5.74, 6) is -0.502. The highest BCUT2D eigenvalue weighted by Crippen LogP contribution is 2.21. The van der Waals surface area contributed by atoms with Crippen molar-refractivity contribution in [3.05, 3.63) is 54.1 Å². The van der Waals surface area contributed by atoms with E-state index in [0.29, 0.717) is 22.3 Å². The van der Waals surface area contributed by atoms with Gasteiger partial charge in [-0.05, 0) is 23.8 Å². The second-order valence-electron chi connectivity index (χ2n) is 5.63. The maximum atomic E-state index is 12.4. The third-order valence-electron chi connectivity index (χ3n) is 3.79. The Kier molecular flexibility index (Phi) is 4.72. The molecule has 0 radical (unpaired) electrons. The molecule has 2 amide bonds. The van der Waals surface area contributed by atoms with Crippen LogP contribution in [0.3, 0.4) is 0 Å². The van der Waals surface area contributed by atoms with Crippen molar-refractivity contribution in [2.75, 3.05) is 11.1 Å². The van der Waals surface area contributed by atoms with Gasteiger partial charge in [0.2, 0.25) is 0 Å². The summed E-state index contributed by atoms with van der Waals surface area (Å²) in [7, 11) is 0. The summed E-state index contributed by atoms with van der Waals surface area (Å²) in [5.41, 5.74) is 7.72. The van der Waals surface area contributed by atoms with E-state index in [1.54, 1.807) is 48.5 Å². The maximum absolute atomic E-state index is 12.4. The fraction of sp³-hybridized carbons (Fsp3) is 0.118. The highest BCUT2D eigenvalue weighted by molar-refractivity contribution is 5.96. The predicted octanol–water partition coefficient (Wildman–Crippen LogP) is 1.45. The van der Waals surface area contributed by atoms with Crippen LogP contribution in [0.4, 0.5) is 16.4 Å². The molecular formula is C17H17N5O4. The van der Waals surface area contributed by atoms with E-state index in [2.05, 4.69) is 20.6 Å². The molecule has 0 saturated carbocycles. The fourth-order valence-corrected chi connectivity index (χ4v) is 2.61. The van der Waals surface area contributed by atoms with Crippen LogP contribution in [0.25, 0.3) is 11.0 Å². The van der Waals surface area contributed by atoms with Crippen LogP contribution < -0.4 is 16.4 Å². The number of nitrogen functional groups attached to an aromatic ring is 1. The molecule has 0 aliphatic carbocycles. The van der Waals surface area contributed by atoms with Crippen LogP contribution in [0.1, 0.15) is 11.6 Å². The van der Waals surface area contributed by atoms with E-state index < -0.39 is 24.1 Å². The second-order valence-corrected chi connectivity index (χ2v) is 5.63. The summed E-state index contributed by atoms with van der Waals surface area (Å²) < 4.78 is 0. The summed E-state index contributed by atoms with van der Waals surface area (Å²) in [6, 6.07) is 12.1. The Morgan fingerprint density at radius 3 is 2.58 bits per heavy atom. The van der Waals surface area contributed by atoms with Gasteiger partial charge in [0, 0.05) is 5.69 Å². The largest absolute Gasteiger partial charge is 0.465 e. The van der Waals surface area contributed by atoms with Crippen molar-refractivity contribution < 1.29 is 19.8 Å². The normalized spacial score (nSPS) is 13.1. The van der Waals surface area contributed by atoms with Crippen molar-refractivity contribution in [2.45, 2.75) is 12.1 Å². The average Bonchev–Trinajstić information content (AvgIpc) is 2.99. The maximum Gasteiger partial charge on any atom is 0.405 e. The lowest BCUT2D eigenvalue weighted by atomic mass is 10.0. The Labute approximate surface area is 147 Å². The summed E-state index contributed by atoms with van der Waals surface area (Å²) in [5, 5.41) is 24.1. The number of nitrogens with two attached hydrogens (primary N) is 1. The number of imidazole rings is 1. The third kappa shape index (κ3) is 3.73. The van der Waals surface area contributed by atoms with Crippen LogP contribution in [0, 0.1) is 0 Å². The van der Waals surface area contributed by atoms with Crippen LogP contribution in [0.15, 0.2) is 48.5 Å². The Bertz CT molecular complexity index is 941. The van der Waals surface area contributed by atoms with E-state index in [1.807, 2.05) is 0 Å². The van der Waals surface area contributed by atoms with Crippen molar-refractivity contribution in [2.24, 2.45) is 0 Å². The predicted molar refractivity (Wildman–Crippen MR) is 95.5 cm³/mol. The molecule has 134 valence electrons. The number of carbonyl (C=O) groups excluding carboxylic acids is 1. The van der Waals surface area contributed by atoms with Crippen LogP contribution in [0.5, 0.6) is 0 Å². The lowest BCUT2D eigenvalue weighted by molar-refractivity contribution is -0.125. The number of hydrogen-bond acceptors (Lipinski definition) is 5. The number of H-pyrrole nitrogens is 1. The highest BCUT2D eigenvalue weighted by atomic mass is 16.4. The van der Waals surface area contributed by atoms with Crippen molar-refractivity contribution in [1.82, 2.24) is 15.3 Å². The Morgan fingerprint density at radius 1 is 1.15 bits per heavy atom. The zero-order valence-corrected chi connectivity index (χ0v) is 13.5. The molecule has 26 heavy (non-hydrogen) atoms. The van der Waals surface area contributed by atoms with Gasteiger partial charge in [-0.25, -0.2) is 9.78 Å². The van der Waals surface area contributed by atoms with E-state index in [1.165, 1.54) is 0 Å². The number of fused-ring (bicyclic) bond motifs is 1. The number of aliphatic hydroxyl groups excluding tert-OH is 1. The molecule has 7 N–H and O–H groups in total. The monoisotopic (exact) mass is 355 g/mol. The quantitative estimate of drug-likeness (QED) is 0.407. The molecular weight excluding hydrogens is 338 g/mol. The van der Waals surface area contributed by atoms with E-state index in [4.69, 9.17) is 10.8 Å². The van der Waals surface area contributed by atoms with E-state index >= 15 is 0 Å². The summed E-state index contributed by atoms with van der Waals surface area (Å²) >= 11 is 0. The van der Waals surface area contributed by atoms with E-state index in [0.717, 1.165) is 0 Å². The number of carbonyl (C=O) groups is 2. The van der Waals surface area contributed by atoms with Gasteiger partial charge in [-0.1, -0.05) is 30.3 Å². The number of aliphatic hydroxyl groups is 1. The SMILES string of the molecule is Nc1nc2ccc(NC(=O)[C@@H](O)C(NC(=O)O)c3ccccc3)cc2[nH]1. The van der Waals surface area contributed by atoms with Crippen LogP contribution in [0.2, 0.25) is 0 Å². The number of rotatable bonds is 5. The van der Waals surface area contributed by atoms with Gasteiger partial charge in [-0.3, -0.25) is 4.79 Å². The topological polar surface area (TPSA) is 153 Å². The van der Waals surface area contributed by atoms with E-state index in [9.17, 15) is 14.7 Å². The minimum Gasteiger partial charge on any atom is -0.465 e. The summed E-state index contributed by atoms with van der Waals surface area (Å²) in [4.78, 5) is 30.3. The van der Waals surface area contributed by atoms with Gasteiger partial charge in [-0.15, -0.1) is 0 Å². The number of hydrogen-bond donors (Lipinski definition) is 6. The van der Waals surface area contributed by atoms with Gasteiger partial charge in [0.25, 0.3) is 5.91 Å². The molecule has 9 nitrogen and oxygen atoms in total. The molecule has 1 unspecified atom stereocenters. The molecule has 2 aromatic carbocycles. The Hall–Kier alpha value is -3.59. The molecule has 0 saturated heterocycles. The number of nitrogens with one attached hydrogen (secondary N) is 3. The van der Waals surface area contributed by atoms with Gasteiger partial charge in [0.1, 0.15) is 0 Å². The van der Waals surface area contributed by atoms with Gasteiger partial charge in [0.05, 0.1) is 17.1 Å². The molecule has 1 heterocycles. The minimum absolute atomic E-state index is 0.248. The highest BCUT2D eigenvalue weighted by Gasteiger charge is 2.29. The number of aromatic amines is 1. The van der Waals surface area contributed by atoms with Crippen molar-refractivity contribution in [3.63, 3.8) is 0 Å². The molecule has 1 aromatic heterocycles. The number of benzene rings is 2. The number of aromatic nitrogens is 2. The zero-order chi connectivity index (χ0) is 18.7. The third-order valence-corrected chi connectivity index (χ3v) is 3.79. The van der Waals surface area contributed by atoms with Crippen LogP contribution >= 0.6 is 0 Å². The molecule has 9 heteroatoms. The number of amides is 2. The standard InChI is InChI=1S/C17H17N5O4/c18-16-20-11-7-6-10(8-12(11)21-16)19-15(24)14(23)13(22-17(25)26)9-4-2-1-3-5-9/h1-8,13-14,22-23H,(H,19,24)(H,25,26)(H3,18,20,21)/t13?,14-/m0/s1. The smallest absolute Gasteiger partial charge is 0.405 e. The second kappa shape index (κ2) is 7.11. The first-order valence-corrected chi connectivity index (χ1v) is 7.72. The first kappa shape index (κ1) is 17.2. The van der Waals surface area contributed by atoms with Crippen LogP contribution in [-0.2, 0) is 4.79 Å². The van der Waals surface area contributed by atoms with Crippen LogP contribution in [-0.4, -0.2) is 38.3 Å². The lowest BCUT2D eigenvalue weighted by Crippen LogP contribution is -2.42. The average molecular weight is 355 g/mol. The lowest BCUT2D eigenvalue weighted by Gasteiger charge is -2.22. The first-order valence-electron chi connectivity index (χ1n) is 7.72. The molecule has 2 atom stereocenters. The molecule has 0 aliphatic heterocycles. The van der Waals surface area contributed by atoms with Gasteiger partial charge >= 0.3 is 6.09 Å². The summed E-state index contributed by atoms with van der Waals surface area (Å²) in [6.45, 7) is 0. The Balaban J connectivity index is 1.80. The van der Waals surface area contributed by atoms with Crippen molar-refractivity contribution >= 4 is 34.7 Å². The molecule has 0 bridgehead atoms. The Morgan fingerprint density at radius 2 is 1.88 bits per heavy atom. The molecule has 3 aromatic rings. The molecule has 0 aliphatic rings. The molecule has 0 fully saturated rings. The number of carboxylic acid groups (broad SMARTS) is 1. The minimum atomic E-state index is -1.63. The van der Waals surface area contributed by atoms with Gasteiger partial charge < -0.3 is 31.6 Å². The van der Waals surface area contributed by atoms with Crippen molar-refractivity contribution in [3.8, 4) is 0 Å². The summed E-state index contributed by atoms with van der Waals surface area (Å²) in [6.07, 6.45) is -2.98.